The Morgan fingerprint density at radius 3 is 2.31 bits per heavy atom. The highest BCUT2D eigenvalue weighted by molar-refractivity contribution is 4.84. The van der Waals surface area contributed by atoms with Gasteiger partial charge < -0.3 is 14.2 Å². The van der Waals surface area contributed by atoms with Gasteiger partial charge >= 0.3 is 0 Å². The van der Waals surface area contributed by atoms with Crippen LogP contribution in [0.1, 0.15) is 44.9 Å². The van der Waals surface area contributed by atoms with E-state index in [0.717, 1.165) is 38.6 Å². The van der Waals surface area contributed by atoms with E-state index in [9.17, 15) is 0 Å². The molecule has 0 radical (unpaired) electrons. The van der Waals surface area contributed by atoms with E-state index in [1.165, 1.54) is 32.1 Å². The molecule has 1 atom stereocenters. The summed E-state index contributed by atoms with van der Waals surface area (Å²) < 4.78 is 17.2. The Balaban J connectivity index is 1.46. The van der Waals surface area contributed by atoms with Crippen molar-refractivity contribution in [3.05, 3.63) is 0 Å². The van der Waals surface area contributed by atoms with Gasteiger partial charge in [-0.05, 0) is 38.0 Å². The molecule has 2 heterocycles. The molecule has 3 rings (SSSR count). The second-order valence-corrected chi connectivity index (χ2v) is 5.42. The van der Waals surface area contributed by atoms with Gasteiger partial charge in [-0.15, -0.1) is 0 Å². The van der Waals surface area contributed by atoms with Crippen LogP contribution in [0.4, 0.5) is 0 Å². The molecule has 0 aromatic heterocycles. The van der Waals surface area contributed by atoms with Crippen LogP contribution in [0.5, 0.6) is 0 Å². The zero-order valence-electron chi connectivity index (χ0n) is 9.95. The standard InChI is InChI=1S/C13H22O3/c1-2-12(14-7-1)10-11-3-5-13(6-4-11)15-8-9-16-13/h11-12H,1-10H2/t12-/m1/s1. The highest BCUT2D eigenvalue weighted by Crippen LogP contribution is 2.40. The Bertz CT molecular complexity index is 219. The molecule has 2 aliphatic heterocycles. The summed E-state index contributed by atoms with van der Waals surface area (Å²) in [4.78, 5) is 0. The van der Waals surface area contributed by atoms with E-state index >= 15 is 0 Å². The van der Waals surface area contributed by atoms with Gasteiger partial charge in [-0.3, -0.25) is 0 Å². The van der Waals surface area contributed by atoms with Crippen molar-refractivity contribution in [3.63, 3.8) is 0 Å². The molecule has 3 aliphatic rings. The Morgan fingerprint density at radius 2 is 1.69 bits per heavy atom. The Kier molecular flexibility index (Phi) is 3.18. The molecule has 0 bridgehead atoms. The molecule has 3 nitrogen and oxygen atoms in total. The van der Waals surface area contributed by atoms with E-state index < -0.39 is 0 Å². The van der Waals surface area contributed by atoms with Crippen LogP contribution >= 0.6 is 0 Å². The third-order valence-corrected chi connectivity index (χ3v) is 4.30. The summed E-state index contributed by atoms with van der Waals surface area (Å²) in [5.41, 5.74) is 0. The molecule has 16 heavy (non-hydrogen) atoms. The number of hydrogen-bond acceptors (Lipinski definition) is 3. The van der Waals surface area contributed by atoms with Crippen molar-refractivity contribution < 1.29 is 14.2 Å². The first-order valence-electron chi connectivity index (χ1n) is 6.76. The predicted molar refractivity (Wildman–Crippen MR) is 60.2 cm³/mol. The molecule has 1 aliphatic carbocycles. The molecule has 3 fully saturated rings. The fourth-order valence-corrected chi connectivity index (χ4v) is 3.34. The Hall–Kier alpha value is -0.120. The summed E-state index contributed by atoms with van der Waals surface area (Å²) in [6, 6.07) is 0. The first-order valence-corrected chi connectivity index (χ1v) is 6.76. The van der Waals surface area contributed by atoms with Crippen LogP contribution < -0.4 is 0 Å². The van der Waals surface area contributed by atoms with Gasteiger partial charge in [-0.2, -0.15) is 0 Å². The highest BCUT2D eigenvalue weighted by atomic mass is 16.7. The maximum Gasteiger partial charge on any atom is 0.168 e. The van der Waals surface area contributed by atoms with Gasteiger partial charge in [-0.1, -0.05) is 0 Å². The van der Waals surface area contributed by atoms with Crippen molar-refractivity contribution in [2.24, 2.45) is 5.92 Å². The summed E-state index contributed by atoms with van der Waals surface area (Å²) >= 11 is 0. The third-order valence-electron chi connectivity index (χ3n) is 4.30. The molecule has 0 unspecified atom stereocenters. The summed E-state index contributed by atoms with van der Waals surface area (Å²) in [6.45, 7) is 2.56. The average molecular weight is 226 g/mol. The van der Waals surface area contributed by atoms with Gasteiger partial charge in [0.2, 0.25) is 0 Å². The SMILES string of the molecule is C1CO[C@@H](CC2CCC3(CC2)OCCO3)C1. The van der Waals surface area contributed by atoms with Crippen molar-refractivity contribution in [2.45, 2.75) is 56.8 Å². The fourth-order valence-electron chi connectivity index (χ4n) is 3.34. The van der Waals surface area contributed by atoms with Gasteiger partial charge in [0.15, 0.2) is 5.79 Å². The Morgan fingerprint density at radius 1 is 0.938 bits per heavy atom. The number of ether oxygens (including phenoxy) is 3. The lowest BCUT2D eigenvalue weighted by atomic mass is 9.82. The van der Waals surface area contributed by atoms with Crippen molar-refractivity contribution >= 4 is 0 Å². The first kappa shape index (κ1) is 11.0. The molecular weight excluding hydrogens is 204 g/mol. The summed E-state index contributed by atoms with van der Waals surface area (Å²) in [5.74, 6) is 0.647. The van der Waals surface area contributed by atoms with Crippen LogP contribution in [0.25, 0.3) is 0 Å². The molecule has 1 saturated carbocycles. The van der Waals surface area contributed by atoms with Crippen molar-refractivity contribution in [3.8, 4) is 0 Å². The van der Waals surface area contributed by atoms with Gasteiger partial charge in [0.05, 0.1) is 19.3 Å². The largest absolute Gasteiger partial charge is 0.378 e. The molecule has 3 heteroatoms. The molecule has 1 spiro atoms. The lowest BCUT2D eigenvalue weighted by Gasteiger charge is -2.36. The average Bonchev–Trinajstić information content (AvgIpc) is 2.94. The van der Waals surface area contributed by atoms with E-state index in [4.69, 9.17) is 14.2 Å². The maximum absolute atomic E-state index is 5.75. The molecule has 0 aromatic rings. The van der Waals surface area contributed by atoms with Crippen LogP contribution in [0.3, 0.4) is 0 Å². The van der Waals surface area contributed by atoms with E-state index in [1.54, 1.807) is 0 Å². The monoisotopic (exact) mass is 226 g/mol. The van der Waals surface area contributed by atoms with Gasteiger partial charge in [-0.25, -0.2) is 0 Å². The van der Waals surface area contributed by atoms with Crippen LogP contribution in [0, 0.1) is 5.92 Å². The smallest absolute Gasteiger partial charge is 0.168 e. The molecule has 0 N–H and O–H groups in total. The number of hydrogen-bond donors (Lipinski definition) is 0. The van der Waals surface area contributed by atoms with Crippen molar-refractivity contribution in [2.75, 3.05) is 19.8 Å². The maximum atomic E-state index is 5.75. The minimum absolute atomic E-state index is 0.187. The highest BCUT2D eigenvalue weighted by Gasteiger charge is 2.40. The summed E-state index contributed by atoms with van der Waals surface area (Å²) in [5, 5.41) is 0. The van der Waals surface area contributed by atoms with Crippen LogP contribution in [-0.4, -0.2) is 31.7 Å². The molecule has 92 valence electrons. The quantitative estimate of drug-likeness (QED) is 0.724. The fraction of sp³-hybridized carbons (Fsp3) is 1.00. The Labute approximate surface area is 97.4 Å². The van der Waals surface area contributed by atoms with Crippen LogP contribution in [0.2, 0.25) is 0 Å². The van der Waals surface area contributed by atoms with Gasteiger partial charge in [0, 0.05) is 19.4 Å². The van der Waals surface area contributed by atoms with Crippen LogP contribution in [0.15, 0.2) is 0 Å². The molecule has 0 aromatic carbocycles. The lowest BCUT2D eigenvalue weighted by Crippen LogP contribution is -2.35. The lowest BCUT2D eigenvalue weighted by molar-refractivity contribution is -0.183. The van der Waals surface area contributed by atoms with Crippen LogP contribution in [-0.2, 0) is 14.2 Å². The normalized spacial score (nSPS) is 34.9. The van der Waals surface area contributed by atoms with Crippen molar-refractivity contribution in [1.29, 1.82) is 0 Å². The van der Waals surface area contributed by atoms with E-state index in [2.05, 4.69) is 0 Å². The van der Waals surface area contributed by atoms with E-state index in [0.29, 0.717) is 6.10 Å². The second-order valence-electron chi connectivity index (χ2n) is 5.42. The van der Waals surface area contributed by atoms with E-state index in [1.807, 2.05) is 0 Å². The minimum atomic E-state index is -0.187. The summed E-state index contributed by atoms with van der Waals surface area (Å²) in [6.07, 6.45) is 9.01. The predicted octanol–water partition coefficient (Wildman–Crippen LogP) is 2.49. The van der Waals surface area contributed by atoms with E-state index in [-0.39, 0.29) is 5.79 Å². The molecule has 0 amide bonds. The second kappa shape index (κ2) is 4.63. The van der Waals surface area contributed by atoms with Crippen molar-refractivity contribution in [1.82, 2.24) is 0 Å². The number of rotatable bonds is 2. The summed E-state index contributed by atoms with van der Waals surface area (Å²) in [7, 11) is 0. The zero-order chi connectivity index (χ0) is 10.8. The topological polar surface area (TPSA) is 27.7 Å². The third kappa shape index (κ3) is 2.27. The van der Waals surface area contributed by atoms with Gasteiger partial charge in [0.1, 0.15) is 0 Å². The zero-order valence-corrected chi connectivity index (χ0v) is 9.95. The molecule has 2 saturated heterocycles. The minimum Gasteiger partial charge on any atom is -0.378 e. The van der Waals surface area contributed by atoms with Gasteiger partial charge in [0.25, 0.3) is 0 Å². The molecular formula is C13H22O3. The first-order chi connectivity index (χ1) is 7.86.